The number of nitrogens with zero attached hydrogens (tertiary/aromatic N) is 1. The molecule has 0 heterocycles. The summed E-state index contributed by atoms with van der Waals surface area (Å²) in [4.78, 5) is 4.08. The molecular formula is C16H17F2N3. The summed E-state index contributed by atoms with van der Waals surface area (Å²) in [6.45, 7) is 2.18. The molecule has 0 aliphatic heterocycles. The highest BCUT2D eigenvalue weighted by molar-refractivity contribution is 5.92. The summed E-state index contributed by atoms with van der Waals surface area (Å²) in [5.74, 6) is -0.900. The van der Waals surface area contributed by atoms with Gasteiger partial charge in [-0.15, -0.1) is 0 Å². The first-order valence-electron chi connectivity index (χ1n) is 6.63. The van der Waals surface area contributed by atoms with E-state index in [-0.39, 0.29) is 24.5 Å². The number of hydrogen-bond acceptors (Lipinski definition) is 1. The summed E-state index contributed by atoms with van der Waals surface area (Å²) in [5, 5.41) is 2.94. The van der Waals surface area contributed by atoms with Gasteiger partial charge in [0.2, 0.25) is 0 Å². The van der Waals surface area contributed by atoms with Crippen molar-refractivity contribution in [3.63, 3.8) is 0 Å². The van der Waals surface area contributed by atoms with Crippen LogP contribution in [-0.2, 0) is 6.42 Å². The maximum Gasteiger partial charge on any atom is 0.193 e. The second kappa shape index (κ2) is 6.83. The number of rotatable bonds is 4. The summed E-state index contributed by atoms with van der Waals surface area (Å²) in [5.41, 5.74) is 7.70. The highest BCUT2D eigenvalue weighted by Crippen LogP contribution is 2.13. The van der Waals surface area contributed by atoms with E-state index in [9.17, 15) is 8.78 Å². The lowest BCUT2D eigenvalue weighted by Crippen LogP contribution is -2.23. The monoisotopic (exact) mass is 289 g/mol. The minimum absolute atomic E-state index is 0.0320. The van der Waals surface area contributed by atoms with Crippen LogP contribution >= 0.6 is 0 Å². The normalized spacial score (nSPS) is 11.5. The molecule has 110 valence electrons. The minimum Gasteiger partial charge on any atom is -0.370 e. The molecule has 0 fully saturated rings. The van der Waals surface area contributed by atoms with Crippen molar-refractivity contribution < 1.29 is 8.78 Å². The van der Waals surface area contributed by atoms with Gasteiger partial charge in [0.1, 0.15) is 11.6 Å². The lowest BCUT2D eigenvalue weighted by Gasteiger charge is -2.07. The van der Waals surface area contributed by atoms with Crippen LogP contribution in [0.1, 0.15) is 11.1 Å². The molecule has 0 atom stereocenters. The maximum atomic E-state index is 13.4. The van der Waals surface area contributed by atoms with Crippen molar-refractivity contribution in [1.82, 2.24) is 0 Å². The Labute approximate surface area is 122 Å². The molecular weight excluding hydrogens is 272 g/mol. The molecule has 0 aromatic heterocycles. The number of halogens is 2. The molecule has 0 amide bonds. The van der Waals surface area contributed by atoms with E-state index in [1.807, 2.05) is 31.2 Å². The highest BCUT2D eigenvalue weighted by Gasteiger charge is 2.07. The third kappa shape index (κ3) is 4.27. The van der Waals surface area contributed by atoms with Crippen LogP contribution in [0.5, 0.6) is 0 Å². The van der Waals surface area contributed by atoms with Crippen molar-refractivity contribution in [3.05, 3.63) is 65.2 Å². The number of aryl methyl sites for hydroxylation is 1. The Morgan fingerprint density at radius 3 is 2.48 bits per heavy atom. The maximum absolute atomic E-state index is 13.4. The molecule has 0 radical (unpaired) electrons. The van der Waals surface area contributed by atoms with Crippen LogP contribution < -0.4 is 11.1 Å². The standard InChI is InChI=1S/C16H17F2N3/c1-11-4-2-5-12(10-11)21-16(19)20-9-8-13-14(17)6-3-7-15(13)18/h2-7,10H,8-9H2,1H3,(H3,19,20,21). The molecule has 0 spiro atoms. The first kappa shape index (κ1) is 15.0. The molecule has 2 aromatic carbocycles. The summed E-state index contributed by atoms with van der Waals surface area (Å²) < 4.78 is 26.9. The molecule has 0 aliphatic rings. The van der Waals surface area contributed by atoms with E-state index in [0.29, 0.717) is 0 Å². The van der Waals surface area contributed by atoms with Gasteiger partial charge < -0.3 is 11.1 Å². The predicted octanol–water partition coefficient (Wildman–Crippen LogP) is 3.24. The molecule has 0 saturated carbocycles. The number of hydrogen-bond donors (Lipinski definition) is 2. The molecule has 21 heavy (non-hydrogen) atoms. The van der Waals surface area contributed by atoms with Gasteiger partial charge in [-0.25, -0.2) is 8.78 Å². The zero-order valence-corrected chi connectivity index (χ0v) is 11.7. The van der Waals surface area contributed by atoms with Crippen molar-refractivity contribution in [2.75, 3.05) is 11.9 Å². The molecule has 0 unspecified atom stereocenters. The van der Waals surface area contributed by atoms with Crippen LogP contribution in [-0.4, -0.2) is 12.5 Å². The van der Waals surface area contributed by atoms with Crippen molar-refractivity contribution in [2.45, 2.75) is 13.3 Å². The van der Waals surface area contributed by atoms with Crippen LogP contribution in [0.4, 0.5) is 14.5 Å². The first-order valence-corrected chi connectivity index (χ1v) is 6.63. The number of guanidine groups is 1. The van der Waals surface area contributed by atoms with E-state index >= 15 is 0 Å². The topological polar surface area (TPSA) is 50.4 Å². The third-order valence-electron chi connectivity index (χ3n) is 3.00. The average molecular weight is 289 g/mol. The molecule has 0 aliphatic carbocycles. The van der Waals surface area contributed by atoms with Gasteiger partial charge in [-0.3, -0.25) is 4.99 Å². The lowest BCUT2D eigenvalue weighted by molar-refractivity contribution is 0.556. The molecule has 2 rings (SSSR count). The van der Waals surface area contributed by atoms with Gasteiger partial charge in [0.15, 0.2) is 5.96 Å². The van der Waals surface area contributed by atoms with Crippen LogP contribution in [0, 0.1) is 18.6 Å². The van der Waals surface area contributed by atoms with Crippen molar-refractivity contribution >= 4 is 11.6 Å². The predicted molar refractivity (Wildman–Crippen MR) is 81.4 cm³/mol. The number of benzene rings is 2. The van der Waals surface area contributed by atoms with E-state index in [4.69, 9.17) is 5.73 Å². The van der Waals surface area contributed by atoms with Gasteiger partial charge in [-0.2, -0.15) is 0 Å². The van der Waals surface area contributed by atoms with Crippen molar-refractivity contribution in [3.8, 4) is 0 Å². The van der Waals surface area contributed by atoms with Gasteiger partial charge in [-0.05, 0) is 43.2 Å². The van der Waals surface area contributed by atoms with Gasteiger partial charge in [0.05, 0.1) is 0 Å². The number of nitrogens with one attached hydrogen (secondary N) is 1. The fourth-order valence-corrected chi connectivity index (χ4v) is 1.97. The summed E-state index contributed by atoms with van der Waals surface area (Å²) in [6.07, 6.45) is 0.161. The second-order valence-corrected chi connectivity index (χ2v) is 4.71. The van der Waals surface area contributed by atoms with E-state index in [0.717, 1.165) is 11.3 Å². The summed E-state index contributed by atoms with van der Waals surface area (Å²) in [6, 6.07) is 11.5. The van der Waals surface area contributed by atoms with E-state index < -0.39 is 11.6 Å². The second-order valence-electron chi connectivity index (χ2n) is 4.71. The Morgan fingerprint density at radius 2 is 1.81 bits per heavy atom. The molecule has 3 N–H and O–H groups in total. The van der Waals surface area contributed by atoms with Crippen molar-refractivity contribution in [2.24, 2.45) is 10.7 Å². The Kier molecular flexibility index (Phi) is 4.87. The van der Waals surface area contributed by atoms with Crippen LogP contribution in [0.25, 0.3) is 0 Å². The summed E-state index contributed by atoms with van der Waals surface area (Å²) >= 11 is 0. The van der Waals surface area contributed by atoms with Crippen molar-refractivity contribution in [1.29, 1.82) is 0 Å². The van der Waals surface area contributed by atoms with Crippen LogP contribution in [0.2, 0.25) is 0 Å². The Bertz CT molecular complexity index is 633. The van der Waals surface area contributed by atoms with Gasteiger partial charge >= 0.3 is 0 Å². The zero-order chi connectivity index (χ0) is 15.2. The Balaban J connectivity index is 1.95. The number of aliphatic imine (C=N–C) groups is 1. The van der Waals surface area contributed by atoms with Crippen LogP contribution in [0.3, 0.4) is 0 Å². The Hall–Kier alpha value is -2.43. The van der Waals surface area contributed by atoms with E-state index in [2.05, 4.69) is 10.3 Å². The fourth-order valence-electron chi connectivity index (χ4n) is 1.97. The fraction of sp³-hybridized carbons (Fsp3) is 0.188. The number of anilines is 1. The van der Waals surface area contributed by atoms with E-state index in [1.54, 1.807) is 0 Å². The zero-order valence-electron chi connectivity index (χ0n) is 11.7. The molecule has 0 saturated heterocycles. The smallest absolute Gasteiger partial charge is 0.193 e. The van der Waals surface area contributed by atoms with Gasteiger partial charge in [0.25, 0.3) is 0 Å². The molecule has 0 bridgehead atoms. The van der Waals surface area contributed by atoms with E-state index in [1.165, 1.54) is 18.2 Å². The Morgan fingerprint density at radius 1 is 1.14 bits per heavy atom. The third-order valence-corrected chi connectivity index (χ3v) is 3.00. The molecule has 3 nitrogen and oxygen atoms in total. The highest BCUT2D eigenvalue weighted by atomic mass is 19.1. The first-order chi connectivity index (χ1) is 10.1. The largest absolute Gasteiger partial charge is 0.370 e. The molecule has 2 aromatic rings. The quantitative estimate of drug-likeness (QED) is 0.670. The SMILES string of the molecule is Cc1cccc(NC(N)=NCCc2c(F)cccc2F)c1. The number of nitrogens with two attached hydrogens (primary N) is 1. The molecule has 5 heteroatoms. The van der Waals surface area contributed by atoms with Gasteiger partial charge in [-0.1, -0.05) is 18.2 Å². The summed E-state index contributed by atoms with van der Waals surface area (Å²) in [7, 11) is 0. The lowest BCUT2D eigenvalue weighted by atomic mass is 10.1. The van der Waals surface area contributed by atoms with Gasteiger partial charge in [0, 0.05) is 17.8 Å². The minimum atomic E-state index is -0.560. The van der Waals surface area contributed by atoms with Crippen LogP contribution in [0.15, 0.2) is 47.5 Å². The average Bonchev–Trinajstić information content (AvgIpc) is 2.42.